The van der Waals surface area contributed by atoms with E-state index < -0.39 is 39.5 Å². The van der Waals surface area contributed by atoms with Crippen molar-refractivity contribution >= 4 is 27.9 Å². The number of hydrogen-bond donors (Lipinski definition) is 3. The Morgan fingerprint density at radius 2 is 1.93 bits per heavy atom. The largest absolute Gasteiger partial charge is 0.496 e. The number of hydrogen-bond acceptors (Lipinski definition) is 7. The molecule has 0 bridgehead atoms. The molecule has 3 amide bonds. The van der Waals surface area contributed by atoms with Gasteiger partial charge in [0.1, 0.15) is 17.3 Å². The molecule has 1 fully saturated rings. The molecule has 1 aromatic rings. The summed E-state index contributed by atoms with van der Waals surface area (Å²) in [5.41, 5.74) is -1.36. The van der Waals surface area contributed by atoms with E-state index in [1.807, 2.05) is 6.92 Å². The van der Waals surface area contributed by atoms with Crippen molar-refractivity contribution in [3.63, 3.8) is 0 Å². The Labute approximate surface area is 169 Å². The third-order valence-corrected chi connectivity index (χ3v) is 6.45. The summed E-state index contributed by atoms with van der Waals surface area (Å²) in [7, 11) is -1.61. The van der Waals surface area contributed by atoms with Crippen LogP contribution in [0.1, 0.15) is 32.8 Å². The highest BCUT2D eigenvalue weighted by atomic mass is 32.2. The normalized spacial score (nSPS) is 21.1. The van der Waals surface area contributed by atoms with Crippen LogP contribution in [0.3, 0.4) is 0 Å². The van der Waals surface area contributed by atoms with Crippen LogP contribution >= 0.6 is 0 Å². The van der Waals surface area contributed by atoms with Crippen LogP contribution in [-0.2, 0) is 29.9 Å². The van der Waals surface area contributed by atoms with E-state index >= 15 is 0 Å². The van der Waals surface area contributed by atoms with Gasteiger partial charge in [-0.2, -0.15) is 4.72 Å². The zero-order valence-corrected chi connectivity index (χ0v) is 17.7. The molecule has 0 saturated carbocycles. The van der Waals surface area contributed by atoms with Crippen LogP contribution in [0.2, 0.25) is 0 Å². The summed E-state index contributed by atoms with van der Waals surface area (Å²) in [5.74, 6) is -1.44. The van der Waals surface area contributed by atoms with E-state index in [4.69, 9.17) is 9.47 Å². The molecule has 11 heteroatoms. The number of esters is 1. The Hall–Kier alpha value is -2.66. The third-order valence-electron chi connectivity index (χ3n) is 5.01. The Kier molecular flexibility index (Phi) is 6.53. The molecule has 1 heterocycles. The first kappa shape index (κ1) is 22.6. The van der Waals surface area contributed by atoms with Crippen molar-refractivity contribution in [2.75, 3.05) is 14.2 Å². The second-order valence-corrected chi connectivity index (χ2v) is 8.62. The van der Waals surface area contributed by atoms with Gasteiger partial charge in [0.15, 0.2) is 0 Å². The quantitative estimate of drug-likeness (QED) is 0.408. The van der Waals surface area contributed by atoms with Crippen LogP contribution in [0, 0.1) is 5.92 Å². The summed E-state index contributed by atoms with van der Waals surface area (Å²) in [4.78, 5) is 35.8. The summed E-state index contributed by atoms with van der Waals surface area (Å²) in [6.07, 6.45) is 0.542. The van der Waals surface area contributed by atoms with Gasteiger partial charge in [0.2, 0.25) is 10.0 Å². The Morgan fingerprint density at radius 3 is 2.41 bits per heavy atom. The zero-order valence-electron chi connectivity index (χ0n) is 16.9. The van der Waals surface area contributed by atoms with Crippen molar-refractivity contribution in [1.82, 2.24) is 15.4 Å². The van der Waals surface area contributed by atoms with E-state index in [-0.39, 0.29) is 22.1 Å². The number of carbonyl (C=O) groups is 3. The van der Waals surface area contributed by atoms with E-state index in [1.54, 1.807) is 6.92 Å². The first-order chi connectivity index (χ1) is 13.5. The van der Waals surface area contributed by atoms with Crippen molar-refractivity contribution in [2.24, 2.45) is 5.92 Å². The molecule has 0 aliphatic carbocycles. The number of ether oxygens (including phenoxy) is 2. The van der Waals surface area contributed by atoms with Gasteiger partial charge in [-0.25, -0.2) is 13.2 Å². The van der Waals surface area contributed by atoms with E-state index in [0.29, 0.717) is 6.42 Å². The molecule has 0 aromatic heterocycles. The van der Waals surface area contributed by atoms with Crippen molar-refractivity contribution in [1.29, 1.82) is 0 Å². The molecule has 2 rings (SSSR count). The Bertz CT molecular complexity index is 931. The number of carbonyl (C=O) groups excluding carboxylic acids is 3. The van der Waals surface area contributed by atoms with E-state index in [9.17, 15) is 22.8 Å². The van der Waals surface area contributed by atoms with Crippen LogP contribution in [0.5, 0.6) is 5.75 Å². The van der Waals surface area contributed by atoms with Gasteiger partial charge in [-0.1, -0.05) is 20.3 Å². The average molecular weight is 427 g/mol. The number of rotatable bonds is 8. The van der Waals surface area contributed by atoms with Crippen LogP contribution in [0.4, 0.5) is 4.79 Å². The highest BCUT2D eigenvalue weighted by Crippen LogP contribution is 2.34. The maximum absolute atomic E-state index is 13.0. The molecule has 3 N–H and O–H groups in total. The maximum Gasteiger partial charge on any atom is 0.324 e. The molecular weight excluding hydrogens is 402 g/mol. The number of nitrogens with one attached hydrogen (secondary N) is 3. The fraction of sp³-hybridized carbons (Fsp3) is 0.500. The van der Waals surface area contributed by atoms with E-state index in [2.05, 4.69) is 15.4 Å². The van der Waals surface area contributed by atoms with Crippen LogP contribution in [0.25, 0.3) is 0 Å². The lowest BCUT2D eigenvalue weighted by Crippen LogP contribution is -2.45. The topological polar surface area (TPSA) is 140 Å². The number of amides is 3. The summed E-state index contributed by atoms with van der Waals surface area (Å²) in [6.45, 7) is 4.98. The Morgan fingerprint density at radius 1 is 1.28 bits per heavy atom. The first-order valence-electron chi connectivity index (χ1n) is 8.92. The fourth-order valence-corrected chi connectivity index (χ4v) is 4.29. The minimum absolute atomic E-state index is 0.157. The summed E-state index contributed by atoms with van der Waals surface area (Å²) in [6, 6.07) is 2.12. The molecule has 0 unspecified atom stereocenters. The van der Waals surface area contributed by atoms with Crippen molar-refractivity contribution < 1.29 is 32.3 Å². The molecule has 1 aliphatic heterocycles. The molecule has 1 aromatic carbocycles. The lowest BCUT2D eigenvalue weighted by atomic mass is 9.91. The monoisotopic (exact) mass is 427 g/mol. The number of urea groups is 1. The van der Waals surface area contributed by atoms with Crippen LogP contribution in [-0.4, -0.2) is 46.6 Å². The smallest absolute Gasteiger partial charge is 0.324 e. The van der Waals surface area contributed by atoms with Crippen molar-refractivity contribution in [3.05, 3.63) is 23.8 Å². The molecule has 3 atom stereocenters. The van der Waals surface area contributed by atoms with Crippen LogP contribution in [0.15, 0.2) is 23.1 Å². The first-order valence-corrected chi connectivity index (χ1v) is 10.4. The molecule has 1 saturated heterocycles. The number of sulfonamides is 1. The van der Waals surface area contributed by atoms with Crippen molar-refractivity contribution in [3.8, 4) is 5.75 Å². The SMILES string of the molecule is CC[C@H](C)[C@H](NS(=O)(=O)c1ccc(OC)c([C@@]2(C)NC(=O)NC2=O)c1)C(=O)OC. The molecule has 1 aliphatic rings. The number of benzene rings is 1. The van der Waals surface area contributed by atoms with Gasteiger partial charge in [-0.15, -0.1) is 0 Å². The third kappa shape index (κ3) is 4.35. The van der Waals surface area contributed by atoms with Gasteiger partial charge >= 0.3 is 12.0 Å². The van der Waals surface area contributed by atoms with Crippen LogP contribution < -0.4 is 20.1 Å². The molecule has 0 spiro atoms. The molecule has 160 valence electrons. The predicted octanol–water partition coefficient (Wildman–Crippen LogP) is 0.616. The molecule has 0 radical (unpaired) electrons. The molecular formula is C18H25N3O7S. The van der Waals surface area contributed by atoms with Crippen molar-refractivity contribution in [2.45, 2.75) is 43.7 Å². The highest BCUT2D eigenvalue weighted by Gasteiger charge is 2.45. The lowest BCUT2D eigenvalue weighted by Gasteiger charge is -2.25. The van der Waals surface area contributed by atoms with E-state index in [1.165, 1.54) is 39.3 Å². The summed E-state index contributed by atoms with van der Waals surface area (Å²) < 4.78 is 38.2. The predicted molar refractivity (Wildman–Crippen MR) is 103 cm³/mol. The average Bonchev–Trinajstić information content (AvgIpc) is 2.96. The lowest BCUT2D eigenvalue weighted by molar-refractivity contribution is -0.143. The fourth-order valence-electron chi connectivity index (χ4n) is 2.97. The number of methoxy groups -OCH3 is 2. The minimum Gasteiger partial charge on any atom is -0.496 e. The summed E-state index contributed by atoms with van der Waals surface area (Å²) in [5, 5.41) is 4.60. The van der Waals surface area contributed by atoms with Gasteiger partial charge in [0.25, 0.3) is 5.91 Å². The molecule has 10 nitrogen and oxygen atoms in total. The highest BCUT2D eigenvalue weighted by molar-refractivity contribution is 7.89. The number of imide groups is 1. The van der Waals surface area contributed by atoms with E-state index in [0.717, 1.165) is 0 Å². The van der Waals surface area contributed by atoms with Gasteiger partial charge in [-0.3, -0.25) is 14.9 Å². The molecule has 29 heavy (non-hydrogen) atoms. The minimum atomic E-state index is -4.16. The maximum atomic E-state index is 13.0. The van der Waals surface area contributed by atoms with Gasteiger partial charge in [-0.05, 0) is 31.0 Å². The second-order valence-electron chi connectivity index (χ2n) is 6.90. The van der Waals surface area contributed by atoms with Gasteiger partial charge in [0, 0.05) is 5.56 Å². The second kappa shape index (κ2) is 8.37. The Balaban J connectivity index is 2.50. The zero-order chi connectivity index (χ0) is 22.0. The van der Waals surface area contributed by atoms with Gasteiger partial charge in [0.05, 0.1) is 19.1 Å². The van der Waals surface area contributed by atoms with Gasteiger partial charge < -0.3 is 14.8 Å². The summed E-state index contributed by atoms with van der Waals surface area (Å²) >= 11 is 0. The standard InChI is InChI=1S/C18H25N3O7S/c1-6-10(2)14(15(22)28-5)21-29(25,26)11-7-8-13(27-4)12(9-11)18(3)16(23)19-17(24)20-18/h7-10,14,21H,6H2,1-5H3,(H2,19,20,23,24)/t10-,14-,18+/m0/s1.